The minimum atomic E-state index is -0.390. The summed E-state index contributed by atoms with van der Waals surface area (Å²) in [5.41, 5.74) is 4.22. The van der Waals surface area contributed by atoms with E-state index in [0.717, 1.165) is 15.6 Å². The molecule has 0 saturated carbocycles. The Morgan fingerprint density at radius 2 is 1.78 bits per heavy atom. The van der Waals surface area contributed by atoms with Crippen LogP contribution in [0.5, 0.6) is 0 Å². The standard InChI is InChI=1S/C27H21Cl2N3O2S2/c1-27(2,3)15-6-4-14(5-7-15)25-31-19-13-17(9-11-20(19)34-25)30-26(35)32-24(33)23-22(29)18-10-8-16(28)12-21(18)36-23/h4-13H,1-3H3,(H2,30,32,33,35). The Kier molecular flexibility index (Phi) is 6.51. The molecular weight excluding hydrogens is 533 g/mol. The van der Waals surface area contributed by atoms with Gasteiger partial charge in [0.15, 0.2) is 10.7 Å². The Labute approximate surface area is 227 Å². The zero-order valence-electron chi connectivity index (χ0n) is 19.6. The van der Waals surface area contributed by atoms with Crippen molar-refractivity contribution in [1.29, 1.82) is 0 Å². The van der Waals surface area contributed by atoms with Crippen LogP contribution in [-0.2, 0) is 5.41 Å². The number of thiophene rings is 1. The van der Waals surface area contributed by atoms with Gasteiger partial charge in [-0.1, -0.05) is 62.2 Å². The molecule has 9 heteroatoms. The Bertz CT molecular complexity index is 1630. The number of rotatable bonds is 3. The summed E-state index contributed by atoms with van der Waals surface area (Å²) in [6.45, 7) is 6.53. The summed E-state index contributed by atoms with van der Waals surface area (Å²) in [6, 6.07) is 19.0. The molecule has 0 unspecified atom stereocenters. The van der Waals surface area contributed by atoms with Crippen LogP contribution in [0.2, 0.25) is 10.0 Å². The highest BCUT2D eigenvalue weighted by Crippen LogP contribution is 2.36. The van der Waals surface area contributed by atoms with Gasteiger partial charge < -0.3 is 9.73 Å². The molecule has 3 aromatic carbocycles. The summed E-state index contributed by atoms with van der Waals surface area (Å²) in [5, 5.41) is 7.59. The lowest BCUT2D eigenvalue weighted by Crippen LogP contribution is -2.33. The van der Waals surface area contributed by atoms with Crippen molar-refractivity contribution < 1.29 is 9.21 Å². The number of hydrogen-bond donors (Lipinski definition) is 2. The van der Waals surface area contributed by atoms with Crippen LogP contribution >= 0.6 is 46.8 Å². The van der Waals surface area contributed by atoms with Crippen LogP contribution in [0.15, 0.2) is 65.1 Å². The van der Waals surface area contributed by atoms with Crippen LogP contribution in [0.1, 0.15) is 36.0 Å². The zero-order chi connectivity index (χ0) is 25.6. The average Bonchev–Trinajstić information content (AvgIpc) is 3.39. The molecule has 36 heavy (non-hydrogen) atoms. The largest absolute Gasteiger partial charge is 0.436 e. The topological polar surface area (TPSA) is 67.2 Å². The van der Waals surface area contributed by atoms with Crippen LogP contribution < -0.4 is 10.6 Å². The fraction of sp³-hybridized carbons (Fsp3) is 0.148. The second-order valence-corrected chi connectivity index (χ2v) is 11.6. The normalized spacial score (nSPS) is 11.7. The minimum absolute atomic E-state index is 0.0737. The third-order valence-corrected chi connectivity index (χ3v) is 7.76. The summed E-state index contributed by atoms with van der Waals surface area (Å²) in [7, 11) is 0. The number of benzene rings is 3. The third-order valence-electron chi connectivity index (χ3n) is 5.67. The van der Waals surface area contributed by atoms with E-state index in [2.05, 4.69) is 48.5 Å². The Balaban J connectivity index is 1.30. The van der Waals surface area contributed by atoms with Crippen molar-refractivity contribution >= 4 is 84.6 Å². The van der Waals surface area contributed by atoms with Gasteiger partial charge in [0.25, 0.3) is 5.91 Å². The summed E-state index contributed by atoms with van der Waals surface area (Å²) < 4.78 is 6.78. The molecular formula is C27H21Cl2N3O2S2. The van der Waals surface area contributed by atoms with Crippen LogP contribution in [-0.4, -0.2) is 16.0 Å². The summed E-state index contributed by atoms with van der Waals surface area (Å²) in [4.78, 5) is 17.8. The second-order valence-electron chi connectivity index (χ2n) is 9.32. The SMILES string of the molecule is CC(C)(C)c1ccc(-c2nc3cc(NC(=S)NC(=O)c4sc5cc(Cl)ccc5c4Cl)ccc3o2)cc1. The number of anilines is 1. The van der Waals surface area contributed by atoms with E-state index >= 15 is 0 Å². The summed E-state index contributed by atoms with van der Waals surface area (Å²) in [5.74, 6) is 0.149. The minimum Gasteiger partial charge on any atom is -0.436 e. The number of nitrogens with zero attached hydrogens (tertiary/aromatic N) is 1. The van der Waals surface area contributed by atoms with Gasteiger partial charge in [-0.05, 0) is 65.7 Å². The predicted molar refractivity (Wildman–Crippen MR) is 154 cm³/mol. The maximum absolute atomic E-state index is 12.8. The van der Waals surface area contributed by atoms with Crippen molar-refractivity contribution in [3.63, 3.8) is 0 Å². The number of carbonyl (C=O) groups excluding carboxylic acids is 1. The fourth-order valence-corrected chi connectivity index (χ4v) is 5.65. The van der Waals surface area contributed by atoms with E-state index in [4.69, 9.17) is 39.8 Å². The highest BCUT2D eigenvalue weighted by molar-refractivity contribution is 7.80. The first-order chi connectivity index (χ1) is 17.1. The Morgan fingerprint density at radius 1 is 1.03 bits per heavy atom. The van der Waals surface area contributed by atoms with Gasteiger partial charge in [0, 0.05) is 26.4 Å². The molecule has 2 aromatic heterocycles. The first kappa shape index (κ1) is 24.7. The van der Waals surface area contributed by atoms with E-state index < -0.39 is 5.91 Å². The fourth-order valence-electron chi connectivity index (χ4n) is 3.75. The van der Waals surface area contributed by atoms with Gasteiger partial charge in [0.1, 0.15) is 10.4 Å². The maximum Gasteiger partial charge on any atom is 0.269 e. The quantitative estimate of drug-likeness (QED) is 0.219. The molecule has 0 aliphatic carbocycles. The molecule has 0 radical (unpaired) electrons. The first-order valence-electron chi connectivity index (χ1n) is 11.1. The monoisotopic (exact) mass is 553 g/mol. The van der Waals surface area contributed by atoms with Gasteiger partial charge >= 0.3 is 0 Å². The van der Waals surface area contributed by atoms with E-state index in [1.807, 2.05) is 30.3 Å². The molecule has 0 spiro atoms. The van der Waals surface area contributed by atoms with Crippen molar-refractivity contribution in [2.45, 2.75) is 26.2 Å². The van der Waals surface area contributed by atoms with Gasteiger partial charge in [0.05, 0.1) is 5.02 Å². The number of nitrogens with one attached hydrogen (secondary N) is 2. The number of halogens is 2. The molecule has 0 aliphatic heterocycles. The van der Waals surface area contributed by atoms with E-state index in [1.54, 1.807) is 18.2 Å². The van der Waals surface area contributed by atoms with Crippen LogP contribution in [0, 0.1) is 0 Å². The van der Waals surface area contributed by atoms with Gasteiger partial charge in [-0.3, -0.25) is 10.1 Å². The smallest absolute Gasteiger partial charge is 0.269 e. The van der Waals surface area contributed by atoms with E-state index in [1.165, 1.54) is 16.9 Å². The molecule has 2 N–H and O–H groups in total. The Hall–Kier alpha value is -2.97. The lowest BCUT2D eigenvalue weighted by Gasteiger charge is -2.18. The number of hydrogen-bond acceptors (Lipinski definition) is 5. The second kappa shape index (κ2) is 9.48. The maximum atomic E-state index is 12.8. The highest BCUT2D eigenvalue weighted by atomic mass is 35.5. The number of aromatic nitrogens is 1. The molecule has 0 atom stereocenters. The van der Waals surface area contributed by atoms with Gasteiger partial charge in [-0.15, -0.1) is 11.3 Å². The van der Waals surface area contributed by atoms with Gasteiger partial charge in [-0.25, -0.2) is 4.98 Å². The van der Waals surface area contributed by atoms with E-state index in [9.17, 15) is 4.79 Å². The lowest BCUT2D eigenvalue weighted by molar-refractivity contribution is 0.0982. The summed E-state index contributed by atoms with van der Waals surface area (Å²) in [6.07, 6.45) is 0. The zero-order valence-corrected chi connectivity index (χ0v) is 22.8. The van der Waals surface area contributed by atoms with E-state index in [0.29, 0.717) is 37.6 Å². The number of amides is 1. The van der Waals surface area contributed by atoms with Crippen molar-refractivity contribution in [3.8, 4) is 11.5 Å². The first-order valence-corrected chi connectivity index (χ1v) is 13.1. The number of carbonyl (C=O) groups is 1. The Morgan fingerprint density at radius 3 is 2.50 bits per heavy atom. The van der Waals surface area contributed by atoms with Gasteiger partial charge in [0.2, 0.25) is 5.89 Å². The number of thiocarbonyl (C=S) groups is 1. The molecule has 0 bridgehead atoms. The molecule has 0 fully saturated rings. The van der Waals surface area contributed by atoms with Crippen molar-refractivity contribution in [2.75, 3.05) is 5.32 Å². The molecule has 182 valence electrons. The molecule has 2 heterocycles. The molecule has 1 amide bonds. The third kappa shape index (κ3) is 4.97. The van der Waals surface area contributed by atoms with Crippen LogP contribution in [0.3, 0.4) is 0 Å². The molecule has 5 aromatic rings. The molecule has 0 saturated heterocycles. The van der Waals surface area contributed by atoms with Crippen LogP contribution in [0.4, 0.5) is 5.69 Å². The lowest BCUT2D eigenvalue weighted by atomic mass is 9.87. The van der Waals surface area contributed by atoms with Crippen molar-refractivity contribution in [1.82, 2.24) is 10.3 Å². The molecule has 5 rings (SSSR count). The predicted octanol–water partition coefficient (Wildman–Crippen LogP) is 8.44. The average molecular weight is 555 g/mol. The van der Waals surface area contributed by atoms with E-state index in [-0.39, 0.29) is 10.5 Å². The highest BCUT2D eigenvalue weighted by Gasteiger charge is 2.19. The number of oxazole rings is 1. The summed E-state index contributed by atoms with van der Waals surface area (Å²) >= 11 is 19.1. The van der Waals surface area contributed by atoms with Gasteiger partial charge in [-0.2, -0.15) is 0 Å². The van der Waals surface area contributed by atoms with Crippen molar-refractivity contribution in [3.05, 3.63) is 81.1 Å². The molecule has 0 aliphatic rings. The van der Waals surface area contributed by atoms with Crippen LogP contribution in [0.25, 0.3) is 32.6 Å². The molecule has 5 nitrogen and oxygen atoms in total. The van der Waals surface area contributed by atoms with Crippen molar-refractivity contribution in [2.24, 2.45) is 0 Å². The number of fused-ring (bicyclic) bond motifs is 2.